The molecular formula is C80H131N5O19. The number of likely N-dealkylation sites (tertiary alicyclic amines) is 5. The van der Waals surface area contributed by atoms with Crippen LogP contribution in [0.25, 0.3) is 0 Å². The van der Waals surface area contributed by atoms with E-state index in [1.165, 1.54) is 19.6 Å². The summed E-state index contributed by atoms with van der Waals surface area (Å²) in [5.41, 5.74) is 0. The van der Waals surface area contributed by atoms with Crippen molar-refractivity contribution in [1.29, 1.82) is 0 Å². The van der Waals surface area contributed by atoms with Gasteiger partial charge in [-0.25, -0.2) is 0 Å². The second-order valence-corrected chi connectivity index (χ2v) is 31.7. The molecule has 0 aromatic carbocycles. The second kappa shape index (κ2) is 48.5. The molecule has 0 radical (unpaired) electrons. The number of carbonyl (C=O) groups excluding carboxylic acids is 17. The van der Waals surface area contributed by atoms with E-state index in [0.29, 0.717) is 110 Å². The molecule has 0 aromatic rings. The number of imide groups is 5. The fourth-order valence-electron chi connectivity index (χ4n) is 12.0. The Hall–Kier alpha value is -6.69. The summed E-state index contributed by atoms with van der Waals surface area (Å²) >= 11 is 0. The summed E-state index contributed by atoms with van der Waals surface area (Å²) in [6, 6.07) is 0. The van der Waals surface area contributed by atoms with E-state index in [4.69, 9.17) is 9.47 Å². The first-order valence-corrected chi connectivity index (χ1v) is 38.5. The predicted octanol–water partition coefficient (Wildman–Crippen LogP) is 10.8. The lowest BCUT2D eigenvalue weighted by Crippen LogP contribution is -2.36. The minimum absolute atomic E-state index is 0.0109. The summed E-state index contributed by atoms with van der Waals surface area (Å²) in [6.07, 6.45) is 8.64. The number of carbonyl (C=O) groups is 17. The largest absolute Gasteiger partial charge is 0.381 e. The summed E-state index contributed by atoms with van der Waals surface area (Å²) in [4.78, 5) is 207. The van der Waals surface area contributed by atoms with Gasteiger partial charge in [-0.1, -0.05) is 145 Å². The van der Waals surface area contributed by atoms with Gasteiger partial charge in [0, 0.05) is 182 Å². The molecule has 0 bridgehead atoms. The van der Waals surface area contributed by atoms with Crippen LogP contribution in [0, 0.1) is 88.8 Å². The predicted molar refractivity (Wildman–Crippen MR) is 394 cm³/mol. The Morgan fingerprint density at radius 1 is 0.269 bits per heavy atom. The Morgan fingerprint density at radius 3 is 0.846 bits per heavy atom. The Bertz CT molecular complexity index is 2920. The molecule has 5 rings (SSSR count). The van der Waals surface area contributed by atoms with E-state index in [0.717, 1.165) is 24.2 Å². The number of unbranched alkanes of at least 4 members (excludes halogenated alkanes) is 2. The third-order valence-corrected chi connectivity index (χ3v) is 19.8. The van der Waals surface area contributed by atoms with E-state index in [-0.39, 0.29) is 240 Å². The molecular weight excluding hydrogens is 1330 g/mol. The summed E-state index contributed by atoms with van der Waals surface area (Å²) < 4.78 is 10.7. The Balaban J connectivity index is 0.000000655. The molecule has 24 nitrogen and oxygen atoms in total. The Kier molecular flexibility index (Phi) is 44.5. The molecule has 104 heavy (non-hydrogen) atoms. The number of ether oxygens (including phenoxy) is 2. The van der Waals surface area contributed by atoms with Crippen molar-refractivity contribution in [1.82, 2.24) is 24.5 Å². The minimum Gasteiger partial charge on any atom is -0.381 e. The third kappa shape index (κ3) is 33.4. The maximum Gasteiger partial charge on any atom is 0.233 e. The van der Waals surface area contributed by atoms with Gasteiger partial charge in [0.15, 0.2) is 5.78 Å². The van der Waals surface area contributed by atoms with Crippen molar-refractivity contribution in [3.63, 3.8) is 0 Å². The van der Waals surface area contributed by atoms with Crippen LogP contribution in [0.15, 0.2) is 0 Å². The summed E-state index contributed by atoms with van der Waals surface area (Å²) in [7, 11) is 0. The normalized spacial score (nSPS) is 19.1. The first kappa shape index (κ1) is 95.3. The van der Waals surface area contributed by atoms with Crippen LogP contribution in [-0.4, -0.2) is 183 Å². The van der Waals surface area contributed by atoms with Crippen LogP contribution in [0.2, 0.25) is 0 Å². The highest BCUT2D eigenvalue weighted by Crippen LogP contribution is 2.31. The highest BCUT2D eigenvalue weighted by atomic mass is 16.5. The maximum absolute atomic E-state index is 12.2. The van der Waals surface area contributed by atoms with Gasteiger partial charge >= 0.3 is 0 Å². The van der Waals surface area contributed by atoms with Crippen LogP contribution in [-0.2, 0) is 91.0 Å². The zero-order valence-corrected chi connectivity index (χ0v) is 67.0. The molecule has 5 heterocycles. The number of amides is 10. The van der Waals surface area contributed by atoms with Crippen molar-refractivity contribution >= 4 is 99.6 Å². The van der Waals surface area contributed by atoms with Crippen LogP contribution in [0.4, 0.5) is 0 Å². The van der Waals surface area contributed by atoms with Crippen LogP contribution < -0.4 is 0 Å². The van der Waals surface area contributed by atoms with E-state index < -0.39 is 0 Å². The van der Waals surface area contributed by atoms with Crippen LogP contribution in [0.1, 0.15) is 260 Å². The summed E-state index contributed by atoms with van der Waals surface area (Å²) in [5.74, 6) is -0.523. The van der Waals surface area contributed by atoms with Crippen LogP contribution in [0.3, 0.4) is 0 Å². The second-order valence-electron chi connectivity index (χ2n) is 31.7. The van der Waals surface area contributed by atoms with Gasteiger partial charge in [-0.05, 0) is 61.7 Å². The number of ketones is 7. The molecule has 0 aliphatic carbocycles. The first-order chi connectivity index (χ1) is 48.5. The smallest absolute Gasteiger partial charge is 0.233 e. The molecule has 0 aromatic heterocycles. The quantitative estimate of drug-likeness (QED) is 0.0405. The molecule has 0 saturated carbocycles. The van der Waals surface area contributed by atoms with Crippen molar-refractivity contribution < 1.29 is 91.0 Å². The first-order valence-electron chi connectivity index (χ1n) is 38.5. The van der Waals surface area contributed by atoms with Crippen molar-refractivity contribution in [3.05, 3.63) is 0 Å². The zero-order chi connectivity index (χ0) is 79.6. The fraction of sp³-hybridized carbons (Fsp3) is 0.787. The number of hydrogen-bond acceptors (Lipinski definition) is 19. The average molecular weight is 1470 g/mol. The molecule has 590 valence electrons. The third-order valence-electron chi connectivity index (χ3n) is 19.8. The molecule has 5 atom stereocenters. The van der Waals surface area contributed by atoms with Gasteiger partial charge in [-0.3, -0.25) is 106 Å². The molecule has 10 amide bonds. The molecule has 5 unspecified atom stereocenters. The number of nitrogens with zero attached hydrogens (tertiary/aromatic N) is 5. The lowest BCUT2D eigenvalue weighted by Gasteiger charge is -2.16. The molecule has 5 saturated heterocycles. The molecule has 5 aliphatic rings. The molecule has 5 aliphatic heterocycles. The lowest BCUT2D eigenvalue weighted by atomic mass is 9.94. The summed E-state index contributed by atoms with van der Waals surface area (Å²) in [5, 5.41) is 0. The van der Waals surface area contributed by atoms with E-state index in [1.54, 1.807) is 0 Å². The van der Waals surface area contributed by atoms with Crippen LogP contribution in [0.5, 0.6) is 0 Å². The minimum atomic E-state index is -0.299. The molecule has 0 N–H and O–H groups in total. The highest BCUT2D eigenvalue weighted by molar-refractivity contribution is 6.07. The van der Waals surface area contributed by atoms with Gasteiger partial charge in [0.1, 0.15) is 34.7 Å². The van der Waals surface area contributed by atoms with Crippen LogP contribution >= 0.6 is 0 Å². The van der Waals surface area contributed by atoms with Gasteiger partial charge in [0.25, 0.3) is 0 Å². The molecule has 24 heteroatoms. The van der Waals surface area contributed by atoms with Crippen molar-refractivity contribution in [3.8, 4) is 0 Å². The average Bonchev–Trinajstić information content (AvgIpc) is 1.72. The Morgan fingerprint density at radius 2 is 0.529 bits per heavy atom. The van der Waals surface area contributed by atoms with Gasteiger partial charge in [-0.2, -0.15) is 0 Å². The van der Waals surface area contributed by atoms with Gasteiger partial charge in [0.2, 0.25) is 59.1 Å². The van der Waals surface area contributed by atoms with Crippen molar-refractivity contribution in [2.75, 3.05) is 59.2 Å². The topological polar surface area (TPSA) is 325 Å². The number of rotatable bonds is 42. The van der Waals surface area contributed by atoms with E-state index in [1.807, 2.05) is 138 Å². The van der Waals surface area contributed by atoms with Gasteiger partial charge < -0.3 is 9.47 Å². The number of hydrogen-bond donors (Lipinski definition) is 0. The van der Waals surface area contributed by atoms with Gasteiger partial charge in [-0.15, -0.1) is 0 Å². The standard InChI is InChI=1S/C19H31NO5.C18H29NO5.C16H27NO3.C14H23NO3.C13H21NO3/c1-13(2)16-12-18(23)20(19(16)24)9-7-15(21)6-5-10-25-11-8-17(22)14(3)4;1-12(2)15-10-17(22)19(18(15)23)11-14(20)6-5-8-24-9-7-16(21)13(3)4;1-11(2)13-10-15(19)17(16(13)20)9-7-5-6-8-14(18)12(3)4;1-9(2)11-8-13(17)15(14(11)18)7-5-6-12(16)10(3)4;1-8(2)10-7-12(16)14(13(10)17)6-5-11(15)9(3)4/h13-14,16H,5-12H2,1-4H3;12-13,15H,5-11H2,1-4H3;11-13H,5-10H2,1-4H3;9-11H,5-8H2,1-4H3;8-10H,5-7H2,1-4H3. The van der Waals surface area contributed by atoms with Crippen molar-refractivity contribution in [2.45, 2.75) is 260 Å². The van der Waals surface area contributed by atoms with Crippen molar-refractivity contribution in [2.24, 2.45) is 88.8 Å². The maximum atomic E-state index is 12.2. The fourth-order valence-corrected chi connectivity index (χ4v) is 12.0. The molecule has 5 fully saturated rings. The molecule has 0 spiro atoms. The van der Waals surface area contributed by atoms with Gasteiger partial charge in [0.05, 0.1) is 19.8 Å². The van der Waals surface area contributed by atoms with E-state index in [9.17, 15) is 81.5 Å². The van der Waals surface area contributed by atoms with E-state index >= 15 is 0 Å². The summed E-state index contributed by atoms with van der Waals surface area (Å²) in [6.45, 7) is 40.9. The zero-order valence-electron chi connectivity index (χ0n) is 67.0. The van der Waals surface area contributed by atoms with E-state index in [2.05, 4.69) is 0 Å². The Labute approximate surface area is 620 Å². The SMILES string of the molecule is CC(C)C(=O)CCCCCN1C(=O)CC(C(C)C)C1=O.CC(C)C(=O)CCCN1C(=O)CC(C(C)C)C1=O.CC(C)C(=O)CCN1C(=O)CC(C(C)C)C1=O.CC(C)C(=O)CCOCCCC(=O)CCN1C(=O)CC(C(C)C)C1=O.CC(C)C(=O)CCOCCCC(=O)CN1C(=O)CC(C(C)C)C1=O. The number of Topliss-reactive ketones (excluding diaryl/α,β-unsaturated/α-hetero) is 7. The monoisotopic (exact) mass is 1470 g/mol. The highest BCUT2D eigenvalue weighted by Gasteiger charge is 2.44. The lowest BCUT2D eigenvalue weighted by molar-refractivity contribution is -0.143.